The second-order valence-electron chi connectivity index (χ2n) is 11.3. The molecule has 0 saturated carbocycles. The summed E-state index contributed by atoms with van der Waals surface area (Å²) in [5, 5.41) is 8.84. The highest BCUT2D eigenvalue weighted by molar-refractivity contribution is 7.44. The number of benzene rings is 1. The quantitative estimate of drug-likeness (QED) is 0.0674. The molecule has 0 radical (unpaired) electrons. The normalized spacial score (nSPS) is 16.4. The maximum Gasteiger partial charge on any atom is 0.391 e. The Kier molecular flexibility index (Phi) is 17.2. The van der Waals surface area contributed by atoms with Crippen LogP contribution in [0.25, 0.3) is 0 Å². The zero-order chi connectivity index (χ0) is 34.2. The highest BCUT2D eigenvalue weighted by Crippen LogP contribution is 2.46. The second-order valence-corrected chi connectivity index (χ2v) is 12.8. The van der Waals surface area contributed by atoms with E-state index in [1.807, 2.05) is 0 Å². The molecule has 1 unspecified atom stereocenters. The van der Waals surface area contributed by atoms with Gasteiger partial charge in [-0.2, -0.15) is 31.6 Å². The van der Waals surface area contributed by atoms with E-state index in [2.05, 4.69) is 50.3 Å². The van der Waals surface area contributed by atoms with Gasteiger partial charge in [0, 0.05) is 29.6 Å². The van der Waals surface area contributed by atoms with Crippen molar-refractivity contribution in [3.05, 3.63) is 35.4 Å². The maximum absolute atomic E-state index is 12.5. The van der Waals surface area contributed by atoms with Gasteiger partial charge in [0.25, 0.3) is 8.53 Å². The smallest absolute Gasteiger partial charge is 0.380 e. The molecule has 0 bridgehead atoms. The molecular weight excluding hydrogens is 641 g/mol. The predicted molar refractivity (Wildman–Crippen MR) is 159 cm³/mol. The lowest BCUT2D eigenvalue weighted by molar-refractivity contribution is -0.256. The van der Waals surface area contributed by atoms with E-state index < -0.39 is 58.6 Å². The van der Waals surface area contributed by atoms with Crippen molar-refractivity contribution < 1.29 is 54.3 Å². The summed E-state index contributed by atoms with van der Waals surface area (Å²) in [5.74, 6) is 6.15. The van der Waals surface area contributed by atoms with E-state index in [9.17, 15) is 26.3 Å². The Morgan fingerprint density at radius 3 is 1.80 bits per heavy atom. The molecule has 1 aliphatic heterocycles. The second kappa shape index (κ2) is 19.7. The first-order valence-electron chi connectivity index (χ1n) is 15.0. The van der Waals surface area contributed by atoms with Gasteiger partial charge in [0.05, 0.1) is 83.6 Å². The minimum Gasteiger partial charge on any atom is -0.380 e. The fourth-order valence-electron chi connectivity index (χ4n) is 4.32. The number of ether oxygens (including phenoxy) is 4. The third kappa shape index (κ3) is 15.7. The number of nitrogens with zero attached hydrogens (tertiary/aromatic N) is 2. The number of nitriles is 1. The van der Waals surface area contributed by atoms with Crippen LogP contribution >= 0.6 is 8.53 Å². The molecule has 0 spiro atoms. The van der Waals surface area contributed by atoms with Crippen LogP contribution in [0.4, 0.5) is 26.3 Å². The van der Waals surface area contributed by atoms with E-state index in [4.69, 9.17) is 33.3 Å². The van der Waals surface area contributed by atoms with Crippen LogP contribution < -0.4 is 0 Å². The molecule has 1 aromatic carbocycles. The highest BCUT2D eigenvalue weighted by atomic mass is 31.2. The molecule has 260 valence electrons. The SMILES string of the molecule is CC(C)N(C(C)C)P(OCCC#N)OCCC#Cc1ccc(C2OCC(COCCC(F)(F)F)(COCCC(F)(F)F)CO2)cc1. The molecular formula is C31H43F6N2O6P. The molecule has 0 aromatic heterocycles. The van der Waals surface area contributed by atoms with E-state index in [1.54, 1.807) is 24.3 Å². The van der Waals surface area contributed by atoms with Crippen LogP contribution in [0.5, 0.6) is 0 Å². The summed E-state index contributed by atoms with van der Waals surface area (Å²) in [6.07, 6.45) is -11.2. The Bertz CT molecular complexity index is 1080. The van der Waals surface area contributed by atoms with Crippen LogP contribution in [0.15, 0.2) is 24.3 Å². The molecule has 46 heavy (non-hydrogen) atoms. The van der Waals surface area contributed by atoms with Gasteiger partial charge in [-0.15, -0.1) is 0 Å². The van der Waals surface area contributed by atoms with Gasteiger partial charge in [-0.05, 0) is 39.8 Å². The molecule has 0 aliphatic carbocycles. The van der Waals surface area contributed by atoms with Crippen LogP contribution in [-0.2, 0) is 28.0 Å². The average Bonchev–Trinajstić information content (AvgIpc) is 2.97. The summed E-state index contributed by atoms with van der Waals surface area (Å²) < 4.78 is 111. The average molecular weight is 685 g/mol. The first-order valence-corrected chi connectivity index (χ1v) is 16.1. The Morgan fingerprint density at radius 1 is 0.848 bits per heavy atom. The van der Waals surface area contributed by atoms with E-state index in [1.165, 1.54) is 0 Å². The Morgan fingerprint density at radius 2 is 1.35 bits per heavy atom. The van der Waals surface area contributed by atoms with Crippen molar-refractivity contribution in [2.75, 3.05) is 52.9 Å². The van der Waals surface area contributed by atoms with Crippen molar-refractivity contribution in [2.24, 2.45) is 5.41 Å². The molecule has 1 saturated heterocycles. The first kappa shape index (κ1) is 40.2. The van der Waals surface area contributed by atoms with Gasteiger partial charge in [0.2, 0.25) is 0 Å². The van der Waals surface area contributed by atoms with Gasteiger partial charge < -0.3 is 28.0 Å². The van der Waals surface area contributed by atoms with Gasteiger partial charge in [0.15, 0.2) is 6.29 Å². The fraction of sp³-hybridized carbons (Fsp3) is 0.710. The van der Waals surface area contributed by atoms with Gasteiger partial charge >= 0.3 is 12.4 Å². The monoisotopic (exact) mass is 684 g/mol. The molecule has 2 rings (SSSR count). The topological polar surface area (TPSA) is 82.4 Å². The minimum atomic E-state index is -4.40. The summed E-state index contributed by atoms with van der Waals surface area (Å²) in [6.45, 7) is 7.11. The Labute approximate surface area is 268 Å². The standard InChI is InChI=1S/C31H43F6N2O6P/c1-24(2)39(25(3)4)46(45-17-7-15-38)44-16-6-5-8-26-9-11-27(12-10-26)28-42-22-29(23-43-28,20-40-18-13-30(32,33)34)21-41-19-14-31(35,36)37/h9-12,24-25,28H,6-7,13-14,16-23H2,1-4H3. The predicted octanol–water partition coefficient (Wildman–Crippen LogP) is 7.69. The highest BCUT2D eigenvalue weighted by Gasteiger charge is 2.39. The largest absolute Gasteiger partial charge is 0.391 e. The van der Waals surface area contributed by atoms with Gasteiger partial charge in [-0.25, -0.2) is 4.67 Å². The summed E-state index contributed by atoms with van der Waals surface area (Å²) in [5.41, 5.74) is 0.341. The number of alkyl halides is 6. The molecule has 0 amide bonds. The maximum atomic E-state index is 12.5. The van der Waals surface area contributed by atoms with Crippen LogP contribution in [-0.4, -0.2) is 82.0 Å². The van der Waals surface area contributed by atoms with Gasteiger partial charge in [-0.3, -0.25) is 0 Å². The van der Waals surface area contributed by atoms with E-state index in [-0.39, 0.29) is 51.5 Å². The fourth-order valence-corrected chi connectivity index (χ4v) is 5.92. The third-order valence-electron chi connectivity index (χ3n) is 6.46. The van der Waals surface area contributed by atoms with Crippen LogP contribution in [0.1, 0.15) is 70.8 Å². The summed E-state index contributed by atoms with van der Waals surface area (Å²) in [7, 11) is -1.34. The minimum absolute atomic E-state index is 0.0505. The molecule has 1 fully saturated rings. The summed E-state index contributed by atoms with van der Waals surface area (Å²) in [4.78, 5) is 0. The molecule has 1 atom stereocenters. The van der Waals surface area contributed by atoms with E-state index >= 15 is 0 Å². The van der Waals surface area contributed by atoms with Crippen molar-refractivity contribution in [3.63, 3.8) is 0 Å². The number of hydrogen-bond acceptors (Lipinski definition) is 8. The van der Waals surface area contributed by atoms with Gasteiger partial charge in [0.1, 0.15) is 0 Å². The molecule has 1 aliphatic rings. The van der Waals surface area contributed by atoms with Crippen LogP contribution in [0.3, 0.4) is 0 Å². The van der Waals surface area contributed by atoms with Crippen molar-refractivity contribution in [3.8, 4) is 17.9 Å². The van der Waals surface area contributed by atoms with Crippen molar-refractivity contribution in [1.29, 1.82) is 5.26 Å². The van der Waals surface area contributed by atoms with Crippen LogP contribution in [0, 0.1) is 28.6 Å². The van der Waals surface area contributed by atoms with E-state index in [0.717, 1.165) is 5.56 Å². The van der Waals surface area contributed by atoms with Crippen molar-refractivity contribution in [2.45, 2.75) is 84.1 Å². The van der Waals surface area contributed by atoms with E-state index in [0.29, 0.717) is 18.6 Å². The zero-order valence-electron chi connectivity index (χ0n) is 26.6. The molecule has 1 heterocycles. The number of halogens is 6. The molecule has 0 N–H and O–H groups in total. The Hall–Kier alpha value is -2.00. The molecule has 1 aromatic rings. The molecule has 8 nitrogen and oxygen atoms in total. The lowest BCUT2D eigenvalue weighted by Crippen LogP contribution is -2.46. The van der Waals surface area contributed by atoms with Gasteiger partial charge in [-0.1, -0.05) is 24.0 Å². The van der Waals surface area contributed by atoms with Crippen molar-refractivity contribution >= 4 is 8.53 Å². The Balaban J connectivity index is 1.91. The lowest BCUT2D eigenvalue weighted by atomic mass is 9.91. The number of hydrogen-bond donors (Lipinski definition) is 0. The molecule has 15 heteroatoms. The zero-order valence-corrected chi connectivity index (χ0v) is 27.5. The lowest BCUT2D eigenvalue weighted by Gasteiger charge is -2.39. The summed E-state index contributed by atoms with van der Waals surface area (Å²) in [6, 6.07) is 9.57. The van der Waals surface area contributed by atoms with Crippen molar-refractivity contribution in [1.82, 2.24) is 4.67 Å². The summed E-state index contributed by atoms with van der Waals surface area (Å²) >= 11 is 0. The third-order valence-corrected chi connectivity index (χ3v) is 8.57. The van der Waals surface area contributed by atoms with Crippen LogP contribution in [0.2, 0.25) is 0 Å². The first-order chi connectivity index (χ1) is 21.6. The number of rotatable bonds is 18.